The molecule has 0 aliphatic heterocycles. The molecule has 0 radical (unpaired) electrons. The highest BCUT2D eigenvalue weighted by Gasteiger charge is 2.10. The van der Waals surface area contributed by atoms with Crippen LogP contribution in [-0.2, 0) is 0 Å². The summed E-state index contributed by atoms with van der Waals surface area (Å²) in [5.74, 6) is -0.418. The maximum atomic E-state index is 10.8. The second-order valence-corrected chi connectivity index (χ2v) is 3.70. The van der Waals surface area contributed by atoms with E-state index in [1.54, 1.807) is 13.2 Å². The molecule has 0 spiro atoms. The Morgan fingerprint density at radius 1 is 1.33 bits per heavy atom. The Morgan fingerprint density at radius 2 is 2.11 bits per heavy atom. The lowest BCUT2D eigenvalue weighted by atomic mass is 10.1. The Morgan fingerprint density at radius 3 is 2.72 bits per heavy atom. The fourth-order valence-corrected chi connectivity index (χ4v) is 1.62. The number of nitrogen functional groups attached to an aromatic ring is 1. The molecule has 2 rings (SSSR count). The van der Waals surface area contributed by atoms with Gasteiger partial charge in [-0.25, -0.2) is 9.78 Å². The summed E-state index contributed by atoms with van der Waals surface area (Å²) < 4.78 is 5.12. The van der Waals surface area contributed by atoms with Crippen LogP contribution in [0.15, 0.2) is 36.5 Å². The maximum absolute atomic E-state index is 10.8. The first-order valence-corrected chi connectivity index (χ1v) is 5.25. The van der Waals surface area contributed by atoms with E-state index in [-0.39, 0.29) is 11.4 Å². The summed E-state index contributed by atoms with van der Waals surface area (Å²) in [4.78, 5) is 14.7. The Balaban J connectivity index is 2.45. The van der Waals surface area contributed by atoms with Gasteiger partial charge in [-0.3, -0.25) is 0 Å². The first-order valence-electron chi connectivity index (χ1n) is 5.25. The van der Waals surface area contributed by atoms with Crippen LogP contribution >= 0.6 is 0 Å². The molecular formula is C13H12N2O3. The first kappa shape index (κ1) is 11.9. The van der Waals surface area contributed by atoms with Gasteiger partial charge in [0.15, 0.2) is 5.69 Å². The van der Waals surface area contributed by atoms with Crippen LogP contribution in [0, 0.1) is 0 Å². The lowest BCUT2D eigenvalue weighted by molar-refractivity contribution is 0.0692. The summed E-state index contributed by atoms with van der Waals surface area (Å²) >= 11 is 0. The van der Waals surface area contributed by atoms with Crippen LogP contribution in [0.25, 0.3) is 11.1 Å². The van der Waals surface area contributed by atoms with Gasteiger partial charge in [0, 0.05) is 11.8 Å². The SMILES string of the molecule is COc1cccc(-c2cnc(C(=O)O)c(N)c2)c1. The van der Waals surface area contributed by atoms with Crippen LogP contribution in [0.2, 0.25) is 0 Å². The Hall–Kier alpha value is -2.56. The van der Waals surface area contributed by atoms with Crippen molar-refractivity contribution in [2.45, 2.75) is 0 Å². The van der Waals surface area contributed by atoms with Gasteiger partial charge in [0.1, 0.15) is 5.75 Å². The number of carbonyl (C=O) groups is 1. The summed E-state index contributed by atoms with van der Waals surface area (Å²) in [6.45, 7) is 0. The second kappa shape index (κ2) is 4.75. The van der Waals surface area contributed by atoms with Gasteiger partial charge in [-0.2, -0.15) is 0 Å². The third kappa shape index (κ3) is 2.24. The van der Waals surface area contributed by atoms with Gasteiger partial charge in [0.2, 0.25) is 0 Å². The molecule has 1 aromatic carbocycles. The lowest BCUT2D eigenvalue weighted by Crippen LogP contribution is -2.05. The highest BCUT2D eigenvalue weighted by atomic mass is 16.5. The van der Waals surface area contributed by atoms with Crippen molar-refractivity contribution in [1.82, 2.24) is 4.98 Å². The van der Waals surface area contributed by atoms with Crippen LogP contribution in [0.4, 0.5) is 5.69 Å². The largest absolute Gasteiger partial charge is 0.497 e. The number of hydrogen-bond donors (Lipinski definition) is 2. The average molecular weight is 244 g/mol. The van der Waals surface area contributed by atoms with E-state index < -0.39 is 5.97 Å². The standard InChI is InChI=1S/C13H12N2O3/c1-18-10-4-2-3-8(5-10)9-6-11(14)12(13(16)17)15-7-9/h2-7H,14H2,1H3,(H,16,17). The molecule has 0 atom stereocenters. The number of ether oxygens (including phenoxy) is 1. The van der Waals surface area contributed by atoms with Crippen molar-refractivity contribution >= 4 is 11.7 Å². The van der Waals surface area contributed by atoms with Crippen LogP contribution < -0.4 is 10.5 Å². The lowest BCUT2D eigenvalue weighted by Gasteiger charge is -2.06. The predicted molar refractivity (Wildman–Crippen MR) is 67.6 cm³/mol. The van der Waals surface area contributed by atoms with Crippen molar-refractivity contribution in [3.63, 3.8) is 0 Å². The number of rotatable bonds is 3. The summed E-state index contributed by atoms with van der Waals surface area (Å²) in [5.41, 5.74) is 7.27. The van der Waals surface area contributed by atoms with Crippen molar-refractivity contribution in [2.24, 2.45) is 0 Å². The van der Waals surface area contributed by atoms with E-state index in [1.165, 1.54) is 6.20 Å². The summed E-state index contributed by atoms with van der Waals surface area (Å²) in [7, 11) is 1.58. The Kier molecular flexibility index (Phi) is 3.14. The van der Waals surface area contributed by atoms with Gasteiger partial charge >= 0.3 is 5.97 Å². The number of hydrogen-bond acceptors (Lipinski definition) is 4. The van der Waals surface area contributed by atoms with E-state index in [1.807, 2.05) is 24.3 Å². The van der Waals surface area contributed by atoms with E-state index in [9.17, 15) is 4.79 Å². The van der Waals surface area contributed by atoms with Crippen molar-refractivity contribution < 1.29 is 14.6 Å². The van der Waals surface area contributed by atoms with E-state index in [2.05, 4.69) is 4.98 Å². The van der Waals surface area contributed by atoms with E-state index in [4.69, 9.17) is 15.6 Å². The third-order valence-corrected chi connectivity index (χ3v) is 2.52. The summed E-state index contributed by atoms with van der Waals surface area (Å²) in [5, 5.41) is 8.85. The quantitative estimate of drug-likeness (QED) is 0.862. The molecule has 3 N–H and O–H groups in total. The maximum Gasteiger partial charge on any atom is 0.356 e. The molecule has 0 unspecified atom stereocenters. The molecule has 0 saturated heterocycles. The van der Waals surface area contributed by atoms with Crippen LogP contribution in [-0.4, -0.2) is 23.2 Å². The molecule has 0 amide bonds. The second-order valence-electron chi connectivity index (χ2n) is 3.70. The van der Waals surface area contributed by atoms with Crippen molar-refractivity contribution in [3.05, 3.63) is 42.2 Å². The normalized spacial score (nSPS) is 10.1. The summed E-state index contributed by atoms with van der Waals surface area (Å²) in [6.07, 6.45) is 1.48. The molecule has 1 aromatic heterocycles. The zero-order chi connectivity index (χ0) is 13.1. The van der Waals surface area contributed by atoms with Crippen LogP contribution in [0.3, 0.4) is 0 Å². The van der Waals surface area contributed by atoms with Gasteiger partial charge in [-0.1, -0.05) is 12.1 Å². The molecule has 92 valence electrons. The number of aromatic nitrogens is 1. The third-order valence-electron chi connectivity index (χ3n) is 2.52. The number of anilines is 1. The number of aromatic carboxylic acids is 1. The number of carboxylic acid groups (broad SMARTS) is 1. The fraction of sp³-hybridized carbons (Fsp3) is 0.0769. The van der Waals surface area contributed by atoms with Crippen LogP contribution in [0.5, 0.6) is 5.75 Å². The molecular weight excluding hydrogens is 232 g/mol. The molecule has 5 nitrogen and oxygen atoms in total. The molecule has 2 aromatic rings. The Labute approximate surface area is 104 Å². The van der Waals surface area contributed by atoms with Crippen molar-refractivity contribution in [1.29, 1.82) is 0 Å². The zero-order valence-electron chi connectivity index (χ0n) is 9.75. The summed E-state index contributed by atoms with van der Waals surface area (Å²) in [6, 6.07) is 8.96. The minimum atomic E-state index is -1.13. The molecule has 0 aliphatic carbocycles. The minimum Gasteiger partial charge on any atom is -0.497 e. The molecule has 5 heteroatoms. The first-order chi connectivity index (χ1) is 8.61. The van der Waals surface area contributed by atoms with Gasteiger partial charge < -0.3 is 15.6 Å². The smallest absolute Gasteiger partial charge is 0.356 e. The van der Waals surface area contributed by atoms with Crippen molar-refractivity contribution in [2.75, 3.05) is 12.8 Å². The van der Waals surface area contributed by atoms with Crippen molar-refractivity contribution in [3.8, 4) is 16.9 Å². The zero-order valence-corrected chi connectivity index (χ0v) is 9.75. The minimum absolute atomic E-state index is 0.137. The average Bonchev–Trinajstić information content (AvgIpc) is 2.38. The number of pyridine rings is 1. The van der Waals surface area contributed by atoms with Gasteiger partial charge in [0.25, 0.3) is 0 Å². The number of nitrogens with two attached hydrogens (primary N) is 1. The van der Waals surface area contributed by atoms with E-state index >= 15 is 0 Å². The highest BCUT2D eigenvalue weighted by Crippen LogP contribution is 2.25. The van der Waals surface area contributed by atoms with E-state index in [0.29, 0.717) is 5.75 Å². The number of nitrogens with zero attached hydrogens (tertiary/aromatic N) is 1. The molecule has 18 heavy (non-hydrogen) atoms. The number of carboxylic acids is 1. The fourth-order valence-electron chi connectivity index (χ4n) is 1.62. The van der Waals surface area contributed by atoms with Gasteiger partial charge in [0.05, 0.1) is 12.8 Å². The number of methoxy groups -OCH3 is 1. The Bertz CT molecular complexity index is 597. The topological polar surface area (TPSA) is 85.4 Å². The highest BCUT2D eigenvalue weighted by molar-refractivity contribution is 5.92. The molecule has 0 saturated carbocycles. The van der Waals surface area contributed by atoms with Gasteiger partial charge in [-0.05, 0) is 23.8 Å². The predicted octanol–water partition coefficient (Wildman–Crippen LogP) is 2.04. The molecule has 1 heterocycles. The molecule has 0 fully saturated rings. The van der Waals surface area contributed by atoms with E-state index in [0.717, 1.165) is 11.1 Å². The molecule has 0 aliphatic rings. The van der Waals surface area contributed by atoms with Crippen LogP contribution in [0.1, 0.15) is 10.5 Å². The van der Waals surface area contributed by atoms with Gasteiger partial charge in [-0.15, -0.1) is 0 Å². The molecule has 0 bridgehead atoms. The monoisotopic (exact) mass is 244 g/mol. The number of benzene rings is 1.